The topological polar surface area (TPSA) is 33.1 Å². The van der Waals surface area contributed by atoms with Crippen molar-refractivity contribution in [1.29, 1.82) is 0 Å². The molecule has 1 aromatic heterocycles. The SMILES string of the molecule is Cc1cc(C)nc(Sc2ccc(CO)cc2F)c1. The number of aliphatic hydroxyl groups excluding tert-OH is 1. The molecule has 0 aliphatic rings. The summed E-state index contributed by atoms with van der Waals surface area (Å²) >= 11 is 1.29. The van der Waals surface area contributed by atoms with E-state index in [9.17, 15) is 4.39 Å². The van der Waals surface area contributed by atoms with Gasteiger partial charge >= 0.3 is 0 Å². The van der Waals surface area contributed by atoms with Gasteiger partial charge in [-0.25, -0.2) is 9.37 Å². The van der Waals surface area contributed by atoms with E-state index in [1.54, 1.807) is 12.1 Å². The van der Waals surface area contributed by atoms with Crippen molar-refractivity contribution < 1.29 is 9.50 Å². The van der Waals surface area contributed by atoms with Crippen molar-refractivity contribution in [2.45, 2.75) is 30.4 Å². The Kier molecular flexibility index (Phi) is 3.99. The van der Waals surface area contributed by atoms with Crippen LogP contribution in [-0.4, -0.2) is 10.1 Å². The molecule has 0 bridgehead atoms. The predicted molar refractivity (Wildman–Crippen MR) is 70.2 cm³/mol. The molecule has 2 rings (SSSR count). The normalized spacial score (nSPS) is 10.7. The van der Waals surface area contributed by atoms with Crippen molar-refractivity contribution in [3.8, 4) is 0 Å². The van der Waals surface area contributed by atoms with Crippen LogP contribution in [0.5, 0.6) is 0 Å². The number of nitrogens with zero attached hydrogens (tertiary/aromatic N) is 1. The van der Waals surface area contributed by atoms with Crippen molar-refractivity contribution >= 4 is 11.8 Å². The van der Waals surface area contributed by atoms with E-state index < -0.39 is 0 Å². The van der Waals surface area contributed by atoms with E-state index in [1.165, 1.54) is 17.8 Å². The molecular formula is C14H14FNOS. The first kappa shape index (κ1) is 13.1. The molecule has 0 radical (unpaired) electrons. The van der Waals surface area contributed by atoms with Crippen LogP contribution < -0.4 is 0 Å². The van der Waals surface area contributed by atoms with Gasteiger partial charge in [-0.05, 0) is 49.2 Å². The molecule has 0 aliphatic carbocycles. The van der Waals surface area contributed by atoms with Crippen LogP contribution in [0.1, 0.15) is 16.8 Å². The Balaban J connectivity index is 2.28. The van der Waals surface area contributed by atoms with Gasteiger partial charge in [0.1, 0.15) is 10.8 Å². The lowest BCUT2D eigenvalue weighted by Gasteiger charge is -2.06. The summed E-state index contributed by atoms with van der Waals surface area (Å²) in [5.41, 5.74) is 2.60. The van der Waals surface area contributed by atoms with E-state index in [0.717, 1.165) is 16.3 Å². The molecule has 94 valence electrons. The van der Waals surface area contributed by atoms with Crippen molar-refractivity contribution in [1.82, 2.24) is 4.98 Å². The molecule has 0 spiro atoms. The van der Waals surface area contributed by atoms with Gasteiger partial charge in [-0.15, -0.1) is 0 Å². The lowest BCUT2D eigenvalue weighted by molar-refractivity contribution is 0.281. The summed E-state index contributed by atoms with van der Waals surface area (Å²) < 4.78 is 13.8. The molecule has 0 amide bonds. The van der Waals surface area contributed by atoms with E-state index in [2.05, 4.69) is 4.98 Å². The number of rotatable bonds is 3. The molecular weight excluding hydrogens is 249 g/mol. The van der Waals surface area contributed by atoms with Crippen LogP contribution >= 0.6 is 11.8 Å². The van der Waals surface area contributed by atoms with Crippen LogP contribution in [0.25, 0.3) is 0 Å². The van der Waals surface area contributed by atoms with Crippen LogP contribution in [0, 0.1) is 19.7 Å². The van der Waals surface area contributed by atoms with Gasteiger partial charge in [0.05, 0.1) is 6.61 Å². The number of aliphatic hydroxyl groups is 1. The number of halogens is 1. The minimum Gasteiger partial charge on any atom is -0.392 e. The fourth-order valence-corrected chi connectivity index (χ4v) is 2.65. The maximum atomic E-state index is 13.8. The fourth-order valence-electron chi connectivity index (χ4n) is 1.69. The van der Waals surface area contributed by atoms with Crippen molar-refractivity contribution in [3.63, 3.8) is 0 Å². The third-order valence-electron chi connectivity index (χ3n) is 2.47. The van der Waals surface area contributed by atoms with E-state index in [1.807, 2.05) is 26.0 Å². The third kappa shape index (κ3) is 3.09. The first-order valence-electron chi connectivity index (χ1n) is 5.61. The standard InChI is InChI=1S/C14H14FNOS/c1-9-5-10(2)16-14(6-9)18-13-4-3-11(8-17)7-12(13)15/h3-7,17H,8H2,1-2H3. The van der Waals surface area contributed by atoms with Crippen LogP contribution in [0.15, 0.2) is 40.3 Å². The highest BCUT2D eigenvalue weighted by molar-refractivity contribution is 7.99. The molecule has 18 heavy (non-hydrogen) atoms. The molecule has 0 saturated heterocycles. The second-order valence-corrected chi connectivity index (χ2v) is 5.21. The summed E-state index contributed by atoms with van der Waals surface area (Å²) in [6.45, 7) is 3.76. The lowest BCUT2D eigenvalue weighted by Crippen LogP contribution is -1.90. The molecule has 1 aromatic carbocycles. The second-order valence-electron chi connectivity index (χ2n) is 4.15. The summed E-state index contributed by atoms with van der Waals surface area (Å²) in [5.74, 6) is -0.326. The Hall–Kier alpha value is -1.39. The Morgan fingerprint density at radius 3 is 2.61 bits per heavy atom. The summed E-state index contributed by atoms with van der Waals surface area (Å²) in [7, 11) is 0. The number of aromatic nitrogens is 1. The highest BCUT2D eigenvalue weighted by Crippen LogP contribution is 2.29. The number of hydrogen-bond acceptors (Lipinski definition) is 3. The highest BCUT2D eigenvalue weighted by atomic mass is 32.2. The minimum atomic E-state index is -0.326. The minimum absolute atomic E-state index is 0.149. The van der Waals surface area contributed by atoms with Crippen molar-refractivity contribution in [3.05, 3.63) is 53.0 Å². The maximum absolute atomic E-state index is 13.8. The van der Waals surface area contributed by atoms with Gasteiger partial charge in [0.2, 0.25) is 0 Å². The molecule has 0 aliphatic heterocycles. The van der Waals surface area contributed by atoms with Crippen LogP contribution in [0.4, 0.5) is 4.39 Å². The molecule has 2 nitrogen and oxygen atoms in total. The molecule has 4 heteroatoms. The maximum Gasteiger partial charge on any atom is 0.137 e. The molecule has 0 atom stereocenters. The molecule has 1 heterocycles. The van der Waals surface area contributed by atoms with Gasteiger partial charge in [0, 0.05) is 10.6 Å². The predicted octanol–water partition coefficient (Wildman–Crippen LogP) is 3.48. The summed E-state index contributed by atoms with van der Waals surface area (Å²) in [5, 5.41) is 9.71. The monoisotopic (exact) mass is 263 g/mol. The van der Waals surface area contributed by atoms with Crippen LogP contribution in [0.3, 0.4) is 0 Å². The van der Waals surface area contributed by atoms with Crippen LogP contribution in [-0.2, 0) is 6.61 Å². The van der Waals surface area contributed by atoms with Crippen molar-refractivity contribution in [2.24, 2.45) is 0 Å². The first-order chi connectivity index (χ1) is 8.58. The molecule has 0 saturated carbocycles. The fraction of sp³-hybridized carbons (Fsp3) is 0.214. The summed E-state index contributed by atoms with van der Waals surface area (Å²) in [6.07, 6.45) is 0. The summed E-state index contributed by atoms with van der Waals surface area (Å²) in [6, 6.07) is 8.65. The van der Waals surface area contributed by atoms with Crippen molar-refractivity contribution in [2.75, 3.05) is 0 Å². The Morgan fingerprint density at radius 1 is 1.22 bits per heavy atom. The average Bonchev–Trinajstić information content (AvgIpc) is 2.30. The second kappa shape index (κ2) is 5.50. The summed E-state index contributed by atoms with van der Waals surface area (Å²) in [4.78, 5) is 4.88. The lowest BCUT2D eigenvalue weighted by atomic mass is 10.2. The van der Waals surface area contributed by atoms with Gasteiger partial charge < -0.3 is 5.11 Å². The molecule has 0 unspecified atom stereocenters. The highest BCUT2D eigenvalue weighted by Gasteiger charge is 2.07. The molecule has 1 N–H and O–H groups in total. The number of hydrogen-bond donors (Lipinski definition) is 1. The number of aryl methyl sites for hydroxylation is 2. The van der Waals surface area contributed by atoms with E-state index in [0.29, 0.717) is 10.5 Å². The first-order valence-corrected chi connectivity index (χ1v) is 6.42. The van der Waals surface area contributed by atoms with Gasteiger partial charge in [-0.1, -0.05) is 17.8 Å². The number of pyridine rings is 1. The van der Waals surface area contributed by atoms with E-state index in [-0.39, 0.29) is 12.4 Å². The zero-order chi connectivity index (χ0) is 13.1. The zero-order valence-electron chi connectivity index (χ0n) is 10.3. The third-order valence-corrected chi connectivity index (χ3v) is 3.44. The average molecular weight is 263 g/mol. The number of benzene rings is 1. The Bertz CT molecular complexity index is 551. The Labute approximate surface area is 110 Å². The quantitative estimate of drug-likeness (QED) is 0.920. The largest absolute Gasteiger partial charge is 0.392 e. The molecule has 2 aromatic rings. The smallest absolute Gasteiger partial charge is 0.137 e. The van der Waals surface area contributed by atoms with Gasteiger partial charge in [0.25, 0.3) is 0 Å². The van der Waals surface area contributed by atoms with Gasteiger partial charge in [0.15, 0.2) is 0 Å². The van der Waals surface area contributed by atoms with Gasteiger partial charge in [-0.2, -0.15) is 0 Å². The molecule has 0 fully saturated rings. The zero-order valence-corrected chi connectivity index (χ0v) is 11.1. The van der Waals surface area contributed by atoms with Crippen LogP contribution in [0.2, 0.25) is 0 Å². The van der Waals surface area contributed by atoms with Gasteiger partial charge in [-0.3, -0.25) is 0 Å². The Morgan fingerprint density at radius 2 is 2.00 bits per heavy atom. The van der Waals surface area contributed by atoms with E-state index in [4.69, 9.17) is 5.11 Å². The van der Waals surface area contributed by atoms with E-state index >= 15 is 0 Å².